The number of benzene rings is 3. The molecule has 0 aliphatic rings. The predicted molar refractivity (Wildman–Crippen MR) is 120 cm³/mol. The zero-order valence-electron chi connectivity index (χ0n) is 17.0. The summed E-state index contributed by atoms with van der Waals surface area (Å²) in [6.45, 7) is 3.13. The lowest BCUT2D eigenvalue weighted by Crippen LogP contribution is -1.99. The molecule has 0 spiro atoms. The summed E-state index contributed by atoms with van der Waals surface area (Å²) in [5.74, 6) is -0.877. The molecule has 0 saturated carbocycles. The van der Waals surface area contributed by atoms with Gasteiger partial charge in [-0.2, -0.15) is 0 Å². The molecular weight excluding hydrogens is 346 g/mol. The number of hydrogen-bond donors (Lipinski definition) is 2. The van der Waals surface area contributed by atoms with Gasteiger partial charge in [0.2, 0.25) is 0 Å². The molecule has 0 saturated heterocycles. The topological polar surface area (TPSA) is 63.3 Å². The molecule has 0 radical (unpaired) electrons. The van der Waals surface area contributed by atoms with E-state index in [1.165, 1.54) is 51.4 Å². The lowest BCUT2D eigenvalue weighted by Gasteiger charge is -2.07. The molecule has 3 aromatic rings. The van der Waals surface area contributed by atoms with Crippen molar-refractivity contribution in [2.75, 3.05) is 6.54 Å². The van der Waals surface area contributed by atoms with E-state index < -0.39 is 5.97 Å². The monoisotopic (exact) mass is 379 g/mol. The van der Waals surface area contributed by atoms with Crippen LogP contribution in [0.4, 0.5) is 0 Å². The second-order valence-corrected chi connectivity index (χ2v) is 7.26. The van der Waals surface area contributed by atoms with Crippen LogP contribution in [-0.2, 0) is 0 Å². The maximum absolute atomic E-state index is 11.4. The first kappa shape index (κ1) is 21.9. The van der Waals surface area contributed by atoms with Gasteiger partial charge in [-0.25, -0.2) is 4.79 Å². The average Bonchev–Trinajstić information content (AvgIpc) is 2.71. The molecule has 0 aliphatic carbocycles. The van der Waals surface area contributed by atoms with Crippen LogP contribution in [0.15, 0.2) is 54.6 Å². The summed E-state index contributed by atoms with van der Waals surface area (Å²) >= 11 is 0. The van der Waals surface area contributed by atoms with E-state index in [1.54, 1.807) is 0 Å². The molecule has 3 nitrogen and oxygen atoms in total. The molecule has 0 atom stereocenters. The lowest BCUT2D eigenvalue weighted by molar-refractivity contribution is 0.0701. The Hall–Kier alpha value is -2.39. The predicted octanol–water partition coefficient (Wildman–Crippen LogP) is 6.78. The van der Waals surface area contributed by atoms with E-state index in [0.29, 0.717) is 5.56 Å². The molecule has 3 rings (SSSR count). The van der Waals surface area contributed by atoms with Crippen LogP contribution < -0.4 is 5.73 Å². The van der Waals surface area contributed by atoms with Crippen LogP contribution in [0.25, 0.3) is 21.5 Å². The van der Waals surface area contributed by atoms with Crippen molar-refractivity contribution in [3.05, 3.63) is 60.2 Å². The molecule has 0 fully saturated rings. The maximum Gasteiger partial charge on any atom is 0.336 e. The summed E-state index contributed by atoms with van der Waals surface area (Å²) in [5, 5.41) is 12.9. The zero-order chi connectivity index (χ0) is 20.2. The Bertz CT molecular complexity index is 811. The highest BCUT2D eigenvalue weighted by Gasteiger charge is 2.12. The first-order valence-corrected chi connectivity index (χ1v) is 10.5. The highest BCUT2D eigenvalue weighted by molar-refractivity contribution is 6.15. The molecule has 0 amide bonds. The van der Waals surface area contributed by atoms with Crippen LogP contribution in [0.3, 0.4) is 0 Å². The van der Waals surface area contributed by atoms with Gasteiger partial charge in [0.25, 0.3) is 0 Å². The van der Waals surface area contributed by atoms with Gasteiger partial charge >= 0.3 is 5.97 Å². The van der Waals surface area contributed by atoms with Crippen LogP contribution in [0.2, 0.25) is 0 Å². The summed E-state index contributed by atoms with van der Waals surface area (Å²) in [6, 6.07) is 17.2. The standard InChI is InChI=1S/C15H10O2.C10H23N/c16-15(17)14-12-7-3-1-5-10(12)9-11-6-2-4-8-13(11)14;1-2-3-4-5-6-7-8-9-10-11/h1-9H,(H,16,17);2-11H2,1H3. The molecule has 0 unspecified atom stereocenters. The van der Waals surface area contributed by atoms with Crippen molar-refractivity contribution >= 4 is 27.5 Å². The van der Waals surface area contributed by atoms with Gasteiger partial charge < -0.3 is 10.8 Å². The van der Waals surface area contributed by atoms with Crippen LogP contribution in [0.1, 0.15) is 68.6 Å². The number of hydrogen-bond acceptors (Lipinski definition) is 2. The third kappa shape index (κ3) is 6.35. The van der Waals surface area contributed by atoms with Gasteiger partial charge in [0.05, 0.1) is 5.56 Å². The number of carbonyl (C=O) groups is 1. The average molecular weight is 380 g/mol. The van der Waals surface area contributed by atoms with E-state index in [-0.39, 0.29) is 0 Å². The summed E-state index contributed by atoms with van der Waals surface area (Å²) in [4.78, 5) is 11.4. The lowest BCUT2D eigenvalue weighted by atomic mass is 9.97. The first-order chi connectivity index (χ1) is 13.7. The van der Waals surface area contributed by atoms with Crippen LogP contribution in [0.5, 0.6) is 0 Å². The van der Waals surface area contributed by atoms with Gasteiger partial charge in [-0.15, -0.1) is 0 Å². The number of nitrogens with two attached hydrogens (primary N) is 1. The summed E-state index contributed by atoms with van der Waals surface area (Å²) < 4.78 is 0. The molecule has 0 bridgehead atoms. The van der Waals surface area contributed by atoms with Gasteiger partial charge in [-0.3, -0.25) is 0 Å². The second-order valence-electron chi connectivity index (χ2n) is 7.26. The van der Waals surface area contributed by atoms with Crippen molar-refractivity contribution in [2.45, 2.75) is 58.3 Å². The molecule has 3 aromatic carbocycles. The third-order valence-electron chi connectivity index (χ3n) is 5.04. The summed E-state index contributed by atoms with van der Waals surface area (Å²) in [7, 11) is 0. The van der Waals surface area contributed by atoms with E-state index >= 15 is 0 Å². The number of rotatable bonds is 9. The highest BCUT2D eigenvalue weighted by Crippen LogP contribution is 2.28. The van der Waals surface area contributed by atoms with E-state index in [0.717, 1.165) is 28.1 Å². The highest BCUT2D eigenvalue weighted by atomic mass is 16.4. The van der Waals surface area contributed by atoms with Crippen LogP contribution >= 0.6 is 0 Å². The minimum absolute atomic E-state index is 0.388. The van der Waals surface area contributed by atoms with Gasteiger partial charge in [0.15, 0.2) is 0 Å². The van der Waals surface area contributed by atoms with Gasteiger partial charge in [0.1, 0.15) is 0 Å². The molecule has 0 heterocycles. The minimum Gasteiger partial charge on any atom is -0.478 e. The quantitative estimate of drug-likeness (QED) is 0.318. The Morgan fingerprint density at radius 2 is 1.25 bits per heavy atom. The fraction of sp³-hybridized carbons (Fsp3) is 0.400. The van der Waals surface area contributed by atoms with Crippen molar-refractivity contribution in [3.8, 4) is 0 Å². The van der Waals surface area contributed by atoms with E-state index in [4.69, 9.17) is 5.73 Å². The fourth-order valence-electron chi connectivity index (χ4n) is 3.52. The van der Waals surface area contributed by atoms with E-state index in [1.807, 2.05) is 54.6 Å². The smallest absolute Gasteiger partial charge is 0.336 e. The van der Waals surface area contributed by atoms with E-state index in [9.17, 15) is 9.90 Å². The molecular formula is C25H33NO2. The van der Waals surface area contributed by atoms with Crippen molar-refractivity contribution in [1.82, 2.24) is 0 Å². The van der Waals surface area contributed by atoms with Crippen molar-refractivity contribution in [1.29, 1.82) is 0 Å². The third-order valence-corrected chi connectivity index (χ3v) is 5.04. The SMILES string of the molecule is CCCCCCCCCCN.O=C(O)c1c2ccccc2cc2ccccc12. The van der Waals surface area contributed by atoms with Gasteiger partial charge in [-0.05, 0) is 40.6 Å². The largest absolute Gasteiger partial charge is 0.478 e. The molecule has 0 aromatic heterocycles. The molecule has 0 aliphatic heterocycles. The van der Waals surface area contributed by atoms with Gasteiger partial charge in [0, 0.05) is 0 Å². The molecule has 3 N–H and O–H groups in total. The minimum atomic E-state index is -0.877. The van der Waals surface area contributed by atoms with E-state index in [2.05, 4.69) is 6.92 Å². The first-order valence-electron chi connectivity index (χ1n) is 10.5. The fourth-order valence-corrected chi connectivity index (χ4v) is 3.52. The normalized spacial score (nSPS) is 10.6. The van der Waals surface area contributed by atoms with Crippen molar-refractivity contribution in [2.24, 2.45) is 5.73 Å². The van der Waals surface area contributed by atoms with Crippen LogP contribution in [0, 0.1) is 0 Å². The number of carboxylic acids is 1. The number of unbranched alkanes of at least 4 members (excludes halogenated alkanes) is 7. The summed E-state index contributed by atoms with van der Waals surface area (Å²) in [6.07, 6.45) is 11.0. The Kier molecular flexibility index (Phi) is 9.50. The van der Waals surface area contributed by atoms with Crippen LogP contribution in [-0.4, -0.2) is 17.6 Å². The number of carboxylic acid groups (broad SMARTS) is 1. The second kappa shape index (κ2) is 12.1. The Labute approximate surface area is 168 Å². The maximum atomic E-state index is 11.4. The number of fused-ring (bicyclic) bond motifs is 2. The summed E-state index contributed by atoms with van der Waals surface area (Å²) in [5.41, 5.74) is 5.78. The Morgan fingerprint density at radius 3 is 1.71 bits per heavy atom. The van der Waals surface area contributed by atoms with Gasteiger partial charge in [-0.1, -0.05) is 100 Å². The Morgan fingerprint density at radius 1 is 0.786 bits per heavy atom. The van der Waals surface area contributed by atoms with Crippen molar-refractivity contribution < 1.29 is 9.90 Å². The molecule has 28 heavy (non-hydrogen) atoms. The Balaban J connectivity index is 0.000000224. The number of aromatic carboxylic acids is 1. The molecule has 150 valence electrons. The van der Waals surface area contributed by atoms with Crippen molar-refractivity contribution in [3.63, 3.8) is 0 Å². The zero-order valence-corrected chi connectivity index (χ0v) is 17.0. The molecule has 3 heteroatoms.